The average Bonchev–Trinajstić information content (AvgIpc) is 2.75. The Balaban J connectivity index is 2.59. The third-order valence-electron chi connectivity index (χ3n) is 2.24. The first-order chi connectivity index (χ1) is 8.22. The average molecular weight is 227 g/mol. The lowest BCUT2D eigenvalue weighted by molar-refractivity contribution is 0.0921. The molecule has 1 heterocycles. The highest BCUT2D eigenvalue weighted by atomic mass is 16.2. The smallest absolute Gasteiger partial charge is 0.243 e. The molecular weight excluding hydrogens is 218 g/mol. The van der Waals surface area contributed by atoms with Crippen LogP contribution in [0.1, 0.15) is 11.7 Å². The molecule has 6 heteroatoms. The minimum absolute atomic E-state index is 0.203. The molecule has 0 saturated heterocycles. The molecule has 0 bridgehead atoms. The monoisotopic (exact) mass is 227 g/mol. The molecule has 2 aromatic rings. The fourth-order valence-corrected chi connectivity index (χ4v) is 1.46. The lowest BCUT2D eigenvalue weighted by Gasteiger charge is -1.96. The van der Waals surface area contributed by atoms with Gasteiger partial charge in [0.2, 0.25) is 5.91 Å². The predicted octanol–water partition coefficient (Wildman–Crippen LogP) is 3.15. The van der Waals surface area contributed by atoms with Crippen molar-refractivity contribution in [2.75, 3.05) is 0 Å². The standard InChI is InChI=1S/C11H9N5O/c1-8(17)16-7-10(11(14-16)13-15-12)9-5-3-2-4-6-9/h2-7H,1H3. The maximum atomic E-state index is 11.2. The van der Waals surface area contributed by atoms with Crippen LogP contribution in [0.25, 0.3) is 21.6 Å². The minimum Gasteiger partial charge on any atom is -0.273 e. The van der Waals surface area contributed by atoms with Gasteiger partial charge in [-0.05, 0) is 16.2 Å². The van der Waals surface area contributed by atoms with Gasteiger partial charge in [-0.3, -0.25) is 4.79 Å². The van der Waals surface area contributed by atoms with Gasteiger partial charge in [0.05, 0.1) is 0 Å². The molecule has 0 N–H and O–H groups in total. The summed E-state index contributed by atoms with van der Waals surface area (Å²) in [4.78, 5) is 13.9. The summed E-state index contributed by atoms with van der Waals surface area (Å²) < 4.78 is 1.16. The largest absolute Gasteiger partial charge is 0.273 e. The maximum absolute atomic E-state index is 11.2. The van der Waals surface area contributed by atoms with Gasteiger partial charge < -0.3 is 0 Å². The molecule has 0 radical (unpaired) electrons. The Morgan fingerprint density at radius 3 is 2.71 bits per heavy atom. The molecule has 0 atom stereocenters. The zero-order valence-electron chi connectivity index (χ0n) is 9.11. The van der Waals surface area contributed by atoms with E-state index in [1.165, 1.54) is 6.92 Å². The van der Waals surface area contributed by atoms with Gasteiger partial charge in [0, 0.05) is 23.6 Å². The minimum atomic E-state index is -0.235. The molecule has 0 aliphatic carbocycles. The molecule has 0 unspecified atom stereocenters. The van der Waals surface area contributed by atoms with Gasteiger partial charge in [0.15, 0.2) is 5.82 Å². The van der Waals surface area contributed by atoms with Crippen LogP contribution in [0.3, 0.4) is 0 Å². The van der Waals surface area contributed by atoms with E-state index in [4.69, 9.17) is 5.53 Å². The van der Waals surface area contributed by atoms with Gasteiger partial charge >= 0.3 is 0 Å². The molecule has 6 nitrogen and oxygen atoms in total. The molecule has 1 aromatic carbocycles. The van der Waals surface area contributed by atoms with Crippen LogP contribution in [0.4, 0.5) is 5.82 Å². The van der Waals surface area contributed by atoms with E-state index in [1.54, 1.807) is 6.20 Å². The summed E-state index contributed by atoms with van der Waals surface area (Å²) in [6.07, 6.45) is 1.56. The number of carbonyl (C=O) groups excluding carboxylic acids is 1. The Hall–Kier alpha value is -2.59. The Morgan fingerprint density at radius 1 is 1.41 bits per heavy atom. The van der Waals surface area contributed by atoms with Gasteiger partial charge in [0.1, 0.15) is 0 Å². The van der Waals surface area contributed by atoms with Crippen molar-refractivity contribution in [1.82, 2.24) is 9.78 Å². The molecule has 0 spiro atoms. The van der Waals surface area contributed by atoms with Crippen molar-refractivity contribution in [1.29, 1.82) is 0 Å². The van der Waals surface area contributed by atoms with E-state index >= 15 is 0 Å². The number of azide groups is 1. The summed E-state index contributed by atoms with van der Waals surface area (Å²) >= 11 is 0. The van der Waals surface area contributed by atoms with Crippen molar-refractivity contribution in [3.8, 4) is 11.1 Å². The number of rotatable bonds is 2. The normalized spacial score (nSPS) is 9.71. The number of nitrogens with zero attached hydrogens (tertiary/aromatic N) is 5. The van der Waals surface area contributed by atoms with Crippen LogP contribution in [-0.4, -0.2) is 15.7 Å². The highest BCUT2D eigenvalue weighted by Gasteiger charge is 2.11. The Kier molecular flexibility index (Phi) is 2.89. The summed E-state index contributed by atoms with van der Waals surface area (Å²) in [5, 5.41) is 7.40. The van der Waals surface area contributed by atoms with Gasteiger partial charge in [-0.2, -0.15) is 5.10 Å². The maximum Gasteiger partial charge on any atom is 0.243 e. The summed E-state index contributed by atoms with van der Waals surface area (Å²) in [6, 6.07) is 9.32. The topological polar surface area (TPSA) is 83.7 Å². The van der Waals surface area contributed by atoms with Gasteiger partial charge in [-0.25, -0.2) is 4.68 Å². The van der Waals surface area contributed by atoms with Gasteiger partial charge in [-0.1, -0.05) is 30.3 Å². The molecule has 0 fully saturated rings. The number of hydrogen-bond acceptors (Lipinski definition) is 3. The summed E-state index contributed by atoms with van der Waals surface area (Å²) in [7, 11) is 0. The van der Waals surface area contributed by atoms with Crippen LogP contribution in [0.5, 0.6) is 0 Å². The van der Waals surface area contributed by atoms with E-state index < -0.39 is 0 Å². The van der Waals surface area contributed by atoms with Crippen LogP contribution < -0.4 is 0 Å². The Bertz CT molecular complexity index is 596. The van der Waals surface area contributed by atoms with Gasteiger partial charge in [0.25, 0.3) is 0 Å². The second kappa shape index (κ2) is 4.51. The third kappa shape index (κ3) is 2.16. The van der Waals surface area contributed by atoms with Crippen molar-refractivity contribution in [2.24, 2.45) is 5.11 Å². The van der Waals surface area contributed by atoms with Crippen LogP contribution >= 0.6 is 0 Å². The Labute approximate surface area is 97.1 Å². The first-order valence-corrected chi connectivity index (χ1v) is 4.93. The molecule has 84 valence electrons. The predicted molar refractivity (Wildman–Crippen MR) is 62.8 cm³/mol. The van der Waals surface area contributed by atoms with E-state index in [0.717, 1.165) is 10.2 Å². The Morgan fingerprint density at radius 2 is 2.12 bits per heavy atom. The fraction of sp³-hybridized carbons (Fsp3) is 0.0909. The van der Waals surface area contributed by atoms with Crippen LogP contribution in [0.2, 0.25) is 0 Å². The highest BCUT2D eigenvalue weighted by molar-refractivity contribution is 5.80. The first-order valence-electron chi connectivity index (χ1n) is 4.93. The summed E-state index contributed by atoms with van der Waals surface area (Å²) in [5.41, 5.74) is 9.95. The van der Waals surface area contributed by atoms with E-state index in [-0.39, 0.29) is 11.7 Å². The number of aromatic nitrogens is 2. The molecule has 0 amide bonds. The summed E-state index contributed by atoms with van der Waals surface area (Å²) in [6.45, 7) is 1.39. The third-order valence-corrected chi connectivity index (χ3v) is 2.24. The number of hydrogen-bond donors (Lipinski definition) is 0. The second-order valence-electron chi connectivity index (χ2n) is 3.39. The van der Waals surface area contributed by atoms with Crippen LogP contribution in [0.15, 0.2) is 41.6 Å². The highest BCUT2D eigenvalue weighted by Crippen LogP contribution is 2.28. The van der Waals surface area contributed by atoms with E-state index in [0.29, 0.717) is 5.56 Å². The molecule has 0 aliphatic heterocycles. The molecule has 1 aromatic heterocycles. The SMILES string of the molecule is CC(=O)n1cc(-c2ccccc2)c(N=[N+]=[N-])n1. The van der Waals surface area contributed by atoms with Crippen molar-refractivity contribution in [3.63, 3.8) is 0 Å². The lowest BCUT2D eigenvalue weighted by atomic mass is 10.1. The van der Waals surface area contributed by atoms with Crippen molar-refractivity contribution < 1.29 is 4.79 Å². The molecule has 0 aliphatic rings. The quantitative estimate of drug-likeness (QED) is 0.448. The van der Waals surface area contributed by atoms with E-state index in [1.807, 2.05) is 30.3 Å². The zero-order valence-corrected chi connectivity index (χ0v) is 9.11. The molecule has 0 saturated carbocycles. The van der Waals surface area contributed by atoms with Gasteiger partial charge in [-0.15, -0.1) is 0 Å². The lowest BCUT2D eigenvalue weighted by Crippen LogP contribution is -2.04. The molecular formula is C11H9N5O. The summed E-state index contributed by atoms with van der Waals surface area (Å²) in [5.74, 6) is -0.0320. The van der Waals surface area contributed by atoms with Crippen molar-refractivity contribution >= 4 is 11.7 Å². The van der Waals surface area contributed by atoms with Crippen molar-refractivity contribution in [2.45, 2.75) is 6.92 Å². The molecule has 2 rings (SSSR count). The number of benzene rings is 1. The van der Waals surface area contributed by atoms with E-state index in [9.17, 15) is 4.79 Å². The van der Waals surface area contributed by atoms with Crippen molar-refractivity contribution in [3.05, 3.63) is 47.0 Å². The van der Waals surface area contributed by atoms with Crippen LogP contribution in [-0.2, 0) is 0 Å². The molecule has 17 heavy (non-hydrogen) atoms. The first kappa shape index (κ1) is 10.9. The van der Waals surface area contributed by atoms with E-state index in [2.05, 4.69) is 15.1 Å². The zero-order chi connectivity index (χ0) is 12.3. The van der Waals surface area contributed by atoms with Crippen LogP contribution in [0, 0.1) is 0 Å². The number of carbonyl (C=O) groups is 1. The second-order valence-corrected chi connectivity index (χ2v) is 3.39. The fourth-order valence-electron chi connectivity index (χ4n) is 1.46.